The number of carbonyl (C=O) groups excluding carboxylic acids is 1. The molecular formula is C21H25ClN2O2. The van der Waals surface area contributed by atoms with E-state index in [0.29, 0.717) is 11.6 Å². The Bertz CT molecular complexity index is 796. The van der Waals surface area contributed by atoms with Crippen molar-refractivity contribution < 1.29 is 9.53 Å². The molecule has 0 radical (unpaired) electrons. The van der Waals surface area contributed by atoms with Crippen molar-refractivity contribution in [2.45, 2.75) is 51.5 Å². The summed E-state index contributed by atoms with van der Waals surface area (Å²) in [5, 5.41) is 3.81. The van der Waals surface area contributed by atoms with Gasteiger partial charge in [0.05, 0.1) is 24.8 Å². The highest BCUT2D eigenvalue weighted by Gasteiger charge is 2.42. The minimum Gasteiger partial charge on any atom is -0.496 e. The molecule has 1 N–H and O–H groups in total. The van der Waals surface area contributed by atoms with Gasteiger partial charge in [-0.15, -0.1) is 0 Å². The van der Waals surface area contributed by atoms with E-state index in [2.05, 4.69) is 10.3 Å². The zero-order valence-corrected chi connectivity index (χ0v) is 16.3. The van der Waals surface area contributed by atoms with E-state index in [1.54, 1.807) is 13.3 Å². The number of hydrogen-bond acceptors (Lipinski definition) is 3. The molecule has 0 unspecified atom stereocenters. The van der Waals surface area contributed by atoms with E-state index in [1.165, 1.54) is 0 Å². The number of aryl methyl sites for hydroxylation is 1. The van der Waals surface area contributed by atoms with Crippen molar-refractivity contribution in [2.75, 3.05) is 7.11 Å². The second-order valence-corrected chi connectivity index (χ2v) is 7.46. The first kappa shape index (κ1) is 18.7. The highest BCUT2D eigenvalue weighted by molar-refractivity contribution is 6.30. The van der Waals surface area contributed by atoms with Gasteiger partial charge in [-0.3, -0.25) is 9.78 Å². The van der Waals surface area contributed by atoms with E-state index in [0.717, 1.165) is 53.8 Å². The molecule has 1 aliphatic rings. The average Bonchev–Trinajstić information content (AvgIpc) is 3.13. The van der Waals surface area contributed by atoms with Crippen molar-refractivity contribution in [3.63, 3.8) is 0 Å². The summed E-state index contributed by atoms with van der Waals surface area (Å²) in [6.45, 7) is 4.34. The van der Waals surface area contributed by atoms with Crippen LogP contribution in [0.3, 0.4) is 0 Å². The fourth-order valence-electron chi connectivity index (χ4n) is 3.98. The quantitative estimate of drug-likeness (QED) is 0.841. The molecule has 0 aliphatic heterocycles. The van der Waals surface area contributed by atoms with E-state index in [4.69, 9.17) is 16.3 Å². The Morgan fingerprint density at radius 3 is 2.50 bits per heavy atom. The number of nitrogens with zero attached hydrogens (tertiary/aromatic N) is 1. The Labute approximate surface area is 159 Å². The van der Waals surface area contributed by atoms with E-state index >= 15 is 0 Å². The predicted octanol–water partition coefficient (Wildman–Crippen LogP) is 4.49. The van der Waals surface area contributed by atoms with Gasteiger partial charge in [-0.1, -0.05) is 36.6 Å². The van der Waals surface area contributed by atoms with Crippen LogP contribution in [-0.2, 0) is 16.8 Å². The summed E-state index contributed by atoms with van der Waals surface area (Å²) >= 11 is 6.02. The first-order valence-electron chi connectivity index (χ1n) is 9.01. The Balaban J connectivity index is 1.81. The highest BCUT2D eigenvalue weighted by Crippen LogP contribution is 2.41. The molecule has 1 aliphatic carbocycles. The number of halogens is 1. The third-order valence-corrected chi connectivity index (χ3v) is 5.71. The van der Waals surface area contributed by atoms with Gasteiger partial charge in [0.2, 0.25) is 5.91 Å². The largest absolute Gasteiger partial charge is 0.496 e. The van der Waals surface area contributed by atoms with E-state index in [-0.39, 0.29) is 5.91 Å². The normalized spacial score (nSPS) is 15.7. The Morgan fingerprint density at radius 1 is 1.23 bits per heavy atom. The van der Waals surface area contributed by atoms with Crippen LogP contribution in [0.25, 0.3) is 0 Å². The van der Waals surface area contributed by atoms with Crippen molar-refractivity contribution in [1.29, 1.82) is 0 Å². The molecule has 0 saturated heterocycles. The smallest absolute Gasteiger partial charge is 0.230 e. The van der Waals surface area contributed by atoms with Gasteiger partial charge in [0.15, 0.2) is 0 Å². The number of hydrogen-bond donors (Lipinski definition) is 1. The average molecular weight is 373 g/mol. The fraction of sp³-hybridized carbons (Fsp3) is 0.429. The maximum Gasteiger partial charge on any atom is 0.230 e. The van der Waals surface area contributed by atoms with Crippen LogP contribution < -0.4 is 10.1 Å². The maximum atomic E-state index is 13.2. The third kappa shape index (κ3) is 3.43. The molecule has 2 aromatic rings. The molecule has 26 heavy (non-hydrogen) atoms. The lowest BCUT2D eigenvalue weighted by Crippen LogP contribution is -2.42. The molecule has 138 valence electrons. The monoisotopic (exact) mass is 372 g/mol. The molecule has 0 spiro atoms. The lowest BCUT2D eigenvalue weighted by Gasteiger charge is -2.28. The number of ether oxygens (including phenoxy) is 1. The van der Waals surface area contributed by atoms with Crippen molar-refractivity contribution in [3.8, 4) is 5.75 Å². The SMILES string of the molecule is COc1c(C)cnc(CNC(=O)C2(c3ccc(Cl)cc3)CCCC2)c1C. The molecule has 1 amide bonds. The maximum absolute atomic E-state index is 13.2. The number of methoxy groups -OCH3 is 1. The molecule has 3 rings (SSSR count). The van der Waals surface area contributed by atoms with Gasteiger partial charge in [-0.05, 0) is 44.4 Å². The van der Waals surface area contributed by atoms with Crippen molar-refractivity contribution >= 4 is 17.5 Å². The van der Waals surface area contributed by atoms with Crippen molar-refractivity contribution in [3.05, 3.63) is 57.9 Å². The number of rotatable bonds is 5. The number of amides is 1. The van der Waals surface area contributed by atoms with Crippen LogP contribution in [0.2, 0.25) is 5.02 Å². The molecular weight excluding hydrogens is 348 g/mol. The van der Waals surface area contributed by atoms with Crippen LogP contribution in [0.1, 0.15) is 48.1 Å². The lowest BCUT2D eigenvalue weighted by atomic mass is 9.78. The van der Waals surface area contributed by atoms with Crippen molar-refractivity contribution in [1.82, 2.24) is 10.3 Å². The van der Waals surface area contributed by atoms with Gasteiger partial charge in [0.25, 0.3) is 0 Å². The third-order valence-electron chi connectivity index (χ3n) is 5.45. The predicted molar refractivity (Wildman–Crippen MR) is 104 cm³/mol. The first-order chi connectivity index (χ1) is 12.5. The summed E-state index contributed by atoms with van der Waals surface area (Å²) in [6.07, 6.45) is 5.64. The molecule has 1 heterocycles. The summed E-state index contributed by atoms with van der Waals surface area (Å²) in [4.78, 5) is 17.6. The van der Waals surface area contributed by atoms with Crippen LogP contribution in [0.4, 0.5) is 0 Å². The second kappa shape index (κ2) is 7.67. The molecule has 1 saturated carbocycles. The molecule has 0 atom stereocenters. The molecule has 1 aromatic carbocycles. The molecule has 5 heteroatoms. The van der Waals surface area contributed by atoms with Crippen LogP contribution in [0.15, 0.2) is 30.5 Å². The van der Waals surface area contributed by atoms with Crippen molar-refractivity contribution in [2.24, 2.45) is 0 Å². The first-order valence-corrected chi connectivity index (χ1v) is 9.39. The topological polar surface area (TPSA) is 51.2 Å². The Morgan fingerprint density at radius 2 is 1.88 bits per heavy atom. The minimum absolute atomic E-state index is 0.0677. The number of benzene rings is 1. The van der Waals surface area contributed by atoms with Gasteiger partial charge >= 0.3 is 0 Å². The molecule has 4 nitrogen and oxygen atoms in total. The van der Waals surface area contributed by atoms with Gasteiger partial charge in [0, 0.05) is 22.3 Å². The number of nitrogens with one attached hydrogen (secondary N) is 1. The Hall–Kier alpha value is -2.07. The van der Waals surface area contributed by atoms with E-state index in [9.17, 15) is 4.79 Å². The lowest BCUT2D eigenvalue weighted by molar-refractivity contribution is -0.126. The van der Waals surface area contributed by atoms with Gasteiger partial charge in [0.1, 0.15) is 5.75 Å². The summed E-state index contributed by atoms with van der Waals surface area (Å²) in [7, 11) is 1.66. The van der Waals surface area contributed by atoms with Crippen LogP contribution in [0, 0.1) is 13.8 Å². The van der Waals surface area contributed by atoms with E-state index < -0.39 is 5.41 Å². The minimum atomic E-state index is -0.465. The van der Waals surface area contributed by atoms with Crippen LogP contribution in [0.5, 0.6) is 5.75 Å². The summed E-state index contributed by atoms with van der Waals surface area (Å²) < 4.78 is 5.46. The number of pyridine rings is 1. The summed E-state index contributed by atoms with van der Waals surface area (Å²) in [5.41, 5.74) is 3.38. The zero-order valence-electron chi connectivity index (χ0n) is 15.6. The van der Waals surface area contributed by atoms with E-state index in [1.807, 2.05) is 38.1 Å². The highest BCUT2D eigenvalue weighted by atomic mass is 35.5. The molecule has 1 fully saturated rings. The van der Waals surface area contributed by atoms with Crippen LogP contribution in [-0.4, -0.2) is 18.0 Å². The zero-order chi connectivity index (χ0) is 18.7. The van der Waals surface area contributed by atoms with Gasteiger partial charge in [-0.2, -0.15) is 0 Å². The van der Waals surface area contributed by atoms with Gasteiger partial charge < -0.3 is 10.1 Å². The molecule has 1 aromatic heterocycles. The second-order valence-electron chi connectivity index (χ2n) is 7.02. The molecule has 0 bridgehead atoms. The summed E-state index contributed by atoms with van der Waals surface area (Å²) in [6, 6.07) is 7.68. The standard InChI is InChI=1S/C21H25ClN2O2/c1-14-12-23-18(15(2)19(14)26-3)13-24-20(25)21(10-4-5-11-21)16-6-8-17(22)9-7-16/h6-9,12H,4-5,10-11,13H2,1-3H3,(H,24,25). The summed E-state index contributed by atoms with van der Waals surface area (Å²) in [5.74, 6) is 0.899. The van der Waals surface area contributed by atoms with Gasteiger partial charge in [-0.25, -0.2) is 0 Å². The fourth-order valence-corrected chi connectivity index (χ4v) is 4.10. The number of aromatic nitrogens is 1. The van der Waals surface area contributed by atoms with Crippen LogP contribution >= 0.6 is 11.6 Å². The Kier molecular flexibility index (Phi) is 5.52. The number of carbonyl (C=O) groups is 1.